The van der Waals surface area contributed by atoms with E-state index in [2.05, 4.69) is 30.6 Å². The minimum atomic E-state index is -0.226. The highest BCUT2D eigenvalue weighted by Crippen LogP contribution is 2.31. The first-order valence-electron chi connectivity index (χ1n) is 7.49. The lowest BCUT2D eigenvalue weighted by Crippen LogP contribution is -2.36. The van der Waals surface area contributed by atoms with Crippen LogP contribution in [0.3, 0.4) is 0 Å². The molecule has 1 saturated heterocycles. The fraction of sp³-hybridized carbons (Fsp3) is 0.357. The number of ether oxygens (including phenoxy) is 1. The number of nitrogens with one attached hydrogen (secondary N) is 2. The molecule has 0 unspecified atom stereocenters. The van der Waals surface area contributed by atoms with Crippen molar-refractivity contribution >= 4 is 17.4 Å². The summed E-state index contributed by atoms with van der Waals surface area (Å²) in [5.41, 5.74) is 1.35. The number of hydrogen-bond donors (Lipinski definition) is 2. The number of likely N-dealkylation sites (tertiary alicyclic amines) is 1. The highest BCUT2D eigenvalue weighted by molar-refractivity contribution is 5.89. The maximum absolute atomic E-state index is 12.7. The average molecular weight is 328 g/mol. The molecule has 24 heavy (non-hydrogen) atoms. The van der Waals surface area contributed by atoms with Gasteiger partial charge in [-0.2, -0.15) is 10.2 Å². The SMILES string of the molecule is CO[C@@H]1C[C@@H](c2ncn[nH]2)N(C(=O)Nc2ccc3ncnn3c2)C1. The molecule has 4 rings (SSSR count). The third kappa shape index (κ3) is 2.56. The van der Waals surface area contributed by atoms with Crippen molar-refractivity contribution in [3.05, 3.63) is 36.8 Å². The number of carbonyl (C=O) groups excluding carboxylic acids is 1. The van der Waals surface area contributed by atoms with E-state index in [1.165, 1.54) is 12.7 Å². The zero-order valence-electron chi connectivity index (χ0n) is 13.0. The fourth-order valence-electron chi connectivity index (χ4n) is 2.91. The van der Waals surface area contributed by atoms with Gasteiger partial charge in [0.05, 0.1) is 24.0 Å². The Labute approximate surface area is 136 Å². The van der Waals surface area contributed by atoms with Crippen molar-refractivity contribution in [3.63, 3.8) is 0 Å². The molecule has 0 radical (unpaired) electrons. The molecule has 1 aliphatic heterocycles. The van der Waals surface area contributed by atoms with Crippen molar-refractivity contribution in [3.8, 4) is 0 Å². The summed E-state index contributed by atoms with van der Waals surface area (Å²) in [4.78, 5) is 22.7. The molecule has 0 spiro atoms. The second-order valence-electron chi connectivity index (χ2n) is 5.54. The van der Waals surface area contributed by atoms with Crippen molar-refractivity contribution in [2.24, 2.45) is 0 Å². The van der Waals surface area contributed by atoms with E-state index in [9.17, 15) is 4.79 Å². The molecule has 0 bridgehead atoms. The number of aromatic nitrogens is 6. The smallest absolute Gasteiger partial charge is 0.322 e. The van der Waals surface area contributed by atoms with Crippen molar-refractivity contribution in [1.82, 2.24) is 34.7 Å². The Bertz CT molecular complexity index is 845. The summed E-state index contributed by atoms with van der Waals surface area (Å²) >= 11 is 0. The molecule has 10 heteroatoms. The Morgan fingerprint density at radius 1 is 1.38 bits per heavy atom. The first-order valence-corrected chi connectivity index (χ1v) is 7.49. The van der Waals surface area contributed by atoms with Crippen LogP contribution in [-0.4, -0.2) is 60.5 Å². The topological polar surface area (TPSA) is 113 Å². The van der Waals surface area contributed by atoms with Gasteiger partial charge in [-0.1, -0.05) is 0 Å². The summed E-state index contributed by atoms with van der Waals surface area (Å²) in [5.74, 6) is 0.649. The Morgan fingerprint density at radius 3 is 3.08 bits per heavy atom. The standard InChI is InChI=1S/C14H16N8O2/c1-24-10-4-11(13-16-7-17-20-13)21(6-10)14(23)19-9-2-3-12-15-8-18-22(12)5-9/h2-3,5,7-8,10-11H,4,6H2,1H3,(H,19,23)(H,16,17,20)/t10-,11+/m1/s1. The monoisotopic (exact) mass is 328 g/mol. The molecule has 2 amide bonds. The van der Waals surface area contributed by atoms with Crippen molar-refractivity contribution in [2.75, 3.05) is 19.0 Å². The number of pyridine rings is 1. The number of urea groups is 1. The van der Waals surface area contributed by atoms with Gasteiger partial charge in [-0.3, -0.25) is 5.10 Å². The summed E-state index contributed by atoms with van der Waals surface area (Å²) < 4.78 is 7.01. The van der Waals surface area contributed by atoms with E-state index >= 15 is 0 Å². The molecule has 2 atom stereocenters. The Hall–Kier alpha value is -3.01. The van der Waals surface area contributed by atoms with Gasteiger partial charge in [0.25, 0.3) is 0 Å². The molecule has 10 nitrogen and oxygen atoms in total. The van der Waals surface area contributed by atoms with Crippen LogP contribution in [0, 0.1) is 0 Å². The minimum Gasteiger partial charge on any atom is -0.380 e. The predicted molar refractivity (Wildman–Crippen MR) is 83.2 cm³/mol. The molecule has 2 N–H and O–H groups in total. The molecule has 4 heterocycles. The zero-order valence-corrected chi connectivity index (χ0v) is 13.0. The number of nitrogens with zero attached hydrogens (tertiary/aromatic N) is 6. The lowest BCUT2D eigenvalue weighted by molar-refractivity contribution is 0.111. The third-order valence-corrected chi connectivity index (χ3v) is 4.13. The number of fused-ring (bicyclic) bond motifs is 1. The van der Waals surface area contributed by atoms with Gasteiger partial charge in [-0.15, -0.1) is 0 Å². The van der Waals surface area contributed by atoms with Crippen molar-refractivity contribution in [2.45, 2.75) is 18.6 Å². The average Bonchev–Trinajstić information content (AvgIpc) is 3.33. The number of hydrogen-bond acceptors (Lipinski definition) is 6. The van der Waals surface area contributed by atoms with Gasteiger partial charge in [-0.25, -0.2) is 19.3 Å². The molecular formula is C14H16N8O2. The van der Waals surface area contributed by atoms with Crippen LogP contribution in [0.4, 0.5) is 10.5 Å². The van der Waals surface area contributed by atoms with E-state index in [1.54, 1.807) is 34.9 Å². The molecule has 3 aromatic rings. The van der Waals surface area contributed by atoms with Crippen molar-refractivity contribution in [1.29, 1.82) is 0 Å². The third-order valence-electron chi connectivity index (χ3n) is 4.13. The van der Waals surface area contributed by atoms with Crippen LogP contribution in [-0.2, 0) is 4.74 Å². The number of carbonyl (C=O) groups is 1. The predicted octanol–water partition coefficient (Wildman–Crippen LogP) is 0.841. The van der Waals surface area contributed by atoms with Crippen LogP contribution in [0.1, 0.15) is 18.3 Å². The van der Waals surface area contributed by atoms with Gasteiger partial charge >= 0.3 is 6.03 Å². The number of amides is 2. The van der Waals surface area contributed by atoms with Crippen LogP contribution in [0.5, 0.6) is 0 Å². The highest BCUT2D eigenvalue weighted by atomic mass is 16.5. The van der Waals surface area contributed by atoms with Crippen LogP contribution in [0.15, 0.2) is 31.0 Å². The van der Waals surface area contributed by atoms with E-state index in [0.29, 0.717) is 30.1 Å². The Kier molecular flexibility index (Phi) is 3.58. The minimum absolute atomic E-state index is 0.0383. The van der Waals surface area contributed by atoms with Gasteiger partial charge in [-0.05, 0) is 12.1 Å². The maximum Gasteiger partial charge on any atom is 0.322 e. The number of methoxy groups -OCH3 is 1. The summed E-state index contributed by atoms with van der Waals surface area (Å²) in [6.45, 7) is 0.485. The molecule has 0 aromatic carbocycles. The van der Waals surface area contributed by atoms with E-state index < -0.39 is 0 Å². The molecule has 1 fully saturated rings. The van der Waals surface area contributed by atoms with E-state index in [4.69, 9.17) is 4.74 Å². The first-order chi connectivity index (χ1) is 11.7. The fourth-order valence-corrected chi connectivity index (χ4v) is 2.91. The second-order valence-corrected chi connectivity index (χ2v) is 5.54. The summed E-state index contributed by atoms with van der Waals surface area (Å²) in [5, 5.41) is 13.6. The second kappa shape index (κ2) is 5.89. The van der Waals surface area contributed by atoms with Crippen molar-refractivity contribution < 1.29 is 9.53 Å². The summed E-state index contributed by atoms with van der Waals surface area (Å²) in [6, 6.07) is 3.15. The molecule has 124 valence electrons. The van der Waals surface area contributed by atoms with Gasteiger partial charge in [0.15, 0.2) is 5.65 Å². The number of aromatic amines is 1. The lowest BCUT2D eigenvalue weighted by atomic mass is 10.2. The van der Waals surface area contributed by atoms with Crippen LogP contribution in [0.25, 0.3) is 5.65 Å². The molecule has 3 aromatic heterocycles. The maximum atomic E-state index is 12.7. The van der Waals surface area contributed by atoms with Crippen LogP contribution in [0.2, 0.25) is 0 Å². The number of anilines is 1. The van der Waals surface area contributed by atoms with Gasteiger partial charge in [0.2, 0.25) is 0 Å². The summed E-state index contributed by atoms with van der Waals surface area (Å²) in [7, 11) is 1.64. The van der Waals surface area contributed by atoms with E-state index in [0.717, 1.165) is 0 Å². The summed E-state index contributed by atoms with van der Waals surface area (Å²) in [6.07, 6.45) is 5.24. The van der Waals surface area contributed by atoms with E-state index in [1.807, 2.05) is 0 Å². The quantitative estimate of drug-likeness (QED) is 0.736. The molecule has 1 aliphatic rings. The number of H-pyrrole nitrogens is 1. The van der Waals surface area contributed by atoms with Gasteiger partial charge < -0.3 is 15.0 Å². The number of rotatable bonds is 3. The van der Waals surface area contributed by atoms with Crippen LogP contribution < -0.4 is 5.32 Å². The first kappa shape index (κ1) is 14.6. The zero-order chi connectivity index (χ0) is 16.5. The lowest BCUT2D eigenvalue weighted by Gasteiger charge is -2.23. The molecular weight excluding hydrogens is 312 g/mol. The Balaban J connectivity index is 1.55. The Morgan fingerprint density at radius 2 is 2.29 bits per heavy atom. The highest BCUT2D eigenvalue weighted by Gasteiger charge is 2.38. The van der Waals surface area contributed by atoms with Gasteiger partial charge in [0.1, 0.15) is 18.5 Å². The van der Waals surface area contributed by atoms with Gasteiger partial charge in [0, 0.05) is 20.1 Å². The molecule has 0 saturated carbocycles. The normalized spacial score (nSPS) is 20.6. The molecule has 0 aliphatic carbocycles. The largest absolute Gasteiger partial charge is 0.380 e. The van der Waals surface area contributed by atoms with E-state index in [-0.39, 0.29) is 18.2 Å². The van der Waals surface area contributed by atoms with Crippen LogP contribution >= 0.6 is 0 Å².